The largest absolute Gasteiger partial charge is 0.460 e. The van der Waals surface area contributed by atoms with Crippen molar-refractivity contribution in [3.05, 3.63) is 52.5 Å². The van der Waals surface area contributed by atoms with Gasteiger partial charge >= 0.3 is 0 Å². The van der Waals surface area contributed by atoms with Gasteiger partial charge in [-0.05, 0) is 48.2 Å². The van der Waals surface area contributed by atoms with Gasteiger partial charge in [0.2, 0.25) is 0 Å². The third kappa shape index (κ3) is 4.10. The van der Waals surface area contributed by atoms with Gasteiger partial charge in [0.1, 0.15) is 11.5 Å². The Balaban J connectivity index is 1.63. The highest BCUT2D eigenvalue weighted by Gasteiger charge is 2.11. The van der Waals surface area contributed by atoms with Gasteiger partial charge in [-0.15, -0.1) is 5.10 Å². The highest BCUT2D eigenvalue weighted by molar-refractivity contribution is 9.10. The van der Waals surface area contributed by atoms with Crippen molar-refractivity contribution in [3.8, 4) is 11.3 Å². The molecule has 3 aromatic rings. The first-order valence-corrected chi connectivity index (χ1v) is 8.73. The molecule has 2 aromatic heterocycles. The topological polar surface area (TPSA) is 60.0 Å². The number of tetrazole rings is 1. The Morgan fingerprint density at radius 1 is 1.12 bits per heavy atom. The first kappa shape index (κ1) is 16.9. The van der Waals surface area contributed by atoms with Crippen LogP contribution in [0, 0.1) is 0 Å². The Hall–Kier alpha value is -1.99. The molecule has 0 bridgehead atoms. The Labute approximate surface area is 149 Å². The molecule has 6 nitrogen and oxygen atoms in total. The van der Waals surface area contributed by atoms with Gasteiger partial charge in [0.15, 0.2) is 5.82 Å². The van der Waals surface area contributed by atoms with Gasteiger partial charge in [-0.2, -0.15) is 0 Å². The smallest absolute Gasteiger partial charge is 0.165 e. The zero-order valence-electron chi connectivity index (χ0n) is 13.8. The summed E-state index contributed by atoms with van der Waals surface area (Å²) in [5.74, 6) is 2.67. The fraction of sp³-hybridized carbons (Fsp3) is 0.353. The molecule has 7 heteroatoms. The number of hydrogen-bond acceptors (Lipinski definition) is 5. The summed E-state index contributed by atoms with van der Waals surface area (Å²) in [4.78, 5) is 2.14. The summed E-state index contributed by atoms with van der Waals surface area (Å²) in [5.41, 5.74) is 1.07. The van der Waals surface area contributed by atoms with Gasteiger partial charge in [-0.1, -0.05) is 35.0 Å². The fourth-order valence-electron chi connectivity index (χ4n) is 2.52. The minimum atomic E-state index is 0.682. The van der Waals surface area contributed by atoms with Gasteiger partial charge in [0, 0.05) is 16.6 Å². The monoisotopic (exact) mass is 389 g/mol. The van der Waals surface area contributed by atoms with E-state index in [2.05, 4.69) is 43.3 Å². The molecule has 0 spiro atoms. The highest BCUT2D eigenvalue weighted by Crippen LogP contribution is 2.24. The lowest BCUT2D eigenvalue weighted by Gasteiger charge is -2.14. The number of aromatic nitrogens is 4. The maximum atomic E-state index is 5.96. The lowest BCUT2D eigenvalue weighted by molar-refractivity contribution is 0.276. The van der Waals surface area contributed by atoms with Crippen molar-refractivity contribution in [1.82, 2.24) is 25.1 Å². The van der Waals surface area contributed by atoms with E-state index in [1.807, 2.05) is 48.1 Å². The zero-order valence-corrected chi connectivity index (χ0v) is 15.4. The van der Waals surface area contributed by atoms with Crippen LogP contribution in [0.3, 0.4) is 0 Å². The molecule has 0 amide bonds. The number of hydrogen-bond donors (Lipinski definition) is 0. The van der Waals surface area contributed by atoms with E-state index in [0.717, 1.165) is 40.3 Å². The van der Waals surface area contributed by atoms with Crippen LogP contribution in [-0.4, -0.2) is 32.2 Å². The Morgan fingerprint density at radius 3 is 2.67 bits per heavy atom. The molecule has 0 aliphatic rings. The van der Waals surface area contributed by atoms with E-state index in [1.165, 1.54) is 0 Å². The van der Waals surface area contributed by atoms with Crippen LogP contribution in [0.2, 0.25) is 0 Å². The van der Waals surface area contributed by atoms with E-state index in [4.69, 9.17) is 4.42 Å². The van der Waals surface area contributed by atoms with Crippen molar-refractivity contribution >= 4 is 15.9 Å². The molecule has 0 saturated heterocycles. The molecule has 0 aliphatic heterocycles. The summed E-state index contributed by atoms with van der Waals surface area (Å²) in [7, 11) is 2.03. The van der Waals surface area contributed by atoms with E-state index in [9.17, 15) is 0 Å². The van der Waals surface area contributed by atoms with Crippen LogP contribution in [0.5, 0.6) is 0 Å². The van der Waals surface area contributed by atoms with Gasteiger partial charge in [-0.25, -0.2) is 4.68 Å². The normalized spacial score (nSPS) is 11.3. The summed E-state index contributed by atoms with van der Waals surface area (Å²) in [6.45, 7) is 4.34. The van der Waals surface area contributed by atoms with Crippen LogP contribution in [0.15, 0.2) is 45.3 Å². The Kier molecular flexibility index (Phi) is 5.42. The predicted octanol–water partition coefficient (Wildman–Crippen LogP) is 3.74. The molecule has 0 radical (unpaired) electrons. The van der Waals surface area contributed by atoms with Crippen molar-refractivity contribution in [2.24, 2.45) is 0 Å². The van der Waals surface area contributed by atoms with E-state index >= 15 is 0 Å². The number of nitrogens with zero attached hydrogens (tertiary/aromatic N) is 5. The van der Waals surface area contributed by atoms with Crippen LogP contribution in [0.25, 0.3) is 11.3 Å². The first-order valence-electron chi connectivity index (χ1n) is 7.94. The molecule has 1 aromatic carbocycles. The summed E-state index contributed by atoms with van der Waals surface area (Å²) < 4.78 is 8.87. The minimum Gasteiger partial charge on any atom is -0.460 e. The maximum Gasteiger partial charge on any atom is 0.165 e. The predicted molar refractivity (Wildman–Crippen MR) is 95.1 cm³/mol. The molecule has 0 atom stereocenters. The quantitative estimate of drug-likeness (QED) is 0.615. The molecule has 3 rings (SSSR count). The van der Waals surface area contributed by atoms with E-state index in [-0.39, 0.29) is 0 Å². The maximum absolute atomic E-state index is 5.96. The second-order valence-corrected chi connectivity index (χ2v) is 6.68. The van der Waals surface area contributed by atoms with E-state index in [0.29, 0.717) is 13.1 Å². The van der Waals surface area contributed by atoms with Crippen molar-refractivity contribution < 1.29 is 4.42 Å². The van der Waals surface area contributed by atoms with Gasteiger partial charge in [0.05, 0.1) is 13.1 Å². The van der Waals surface area contributed by atoms with Gasteiger partial charge < -0.3 is 4.42 Å². The molecule has 0 N–H and O–H groups in total. The van der Waals surface area contributed by atoms with Crippen LogP contribution in [0.4, 0.5) is 0 Å². The number of halogens is 1. The highest BCUT2D eigenvalue weighted by atomic mass is 79.9. The number of aryl methyl sites for hydroxylation is 1. The lowest BCUT2D eigenvalue weighted by atomic mass is 10.2. The van der Waals surface area contributed by atoms with Gasteiger partial charge in [-0.3, -0.25) is 4.90 Å². The van der Waals surface area contributed by atoms with E-state index < -0.39 is 0 Å². The average Bonchev–Trinajstić information content (AvgIpc) is 3.19. The first-order chi connectivity index (χ1) is 11.7. The second-order valence-electron chi connectivity index (χ2n) is 5.76. The van der Waals surface area contributed by atoms with Crippen molar-refractivity contribution in [2.45, 2.75) is 33.0 Å². The number of rotatable bonds is 7. The van der Waals surface area contributed by atoms with Gasteiger partial charge in [0.25, 0.3) is 0 Å². The average molecular weight is 390 g/mol. The summed E-state index contributed by atoms with van der Waals surface area (Å²) in [5, 5.41) is 11.9. The Bertz CT molecular complexity index is 780. The SMILES string of the molecule is CCCn1nnnc1CN(C)Cc1ccc(-c2ccc(Br)cc2)o1. The van der Waals surface area contributed by atoms with Crippen molar-refractivity contribution in [1.29, 1.82) is 0 Å². The number of furan rings is 1. The third-order valence-electron chi connectivity index (χ3n) is 3.67. The van der Waals surface area contributed by atoms with Crippen LogP contribution in [0.1, 0.15) is 24.9 Å². The molecule has 0 fully saturated rings. The molecule has 126 valence electrons. The standard InChI is InChI=1S/C17H20BrN5O/c1-3-10-23-17(19-20-21-23)12-22(2)11-15-8-9-16(24-15)13-4-6-14(18)7-5-13/h4-9H,3,10-12H2,1-2H3. The van der Waals surface area contributed by atoms with Crippen LogP contribution >= 0.6 is 15.9 Å². The van der Waals surface area contributed by atoms with Crippen LogP contribution in [-0.2, 0) is 19.6 Å². The molecule has 0 unspecified atom stereocenters. The summed E-state index contributed by atoms with van der Waals surface area (Å²) in [6.07, 6.45) is 1.01. The summed E-state index contributed by atoms with van der Waals surface area (Å²) in [6, 6.07) is 12.1. The molecule has 0 saturated carbocycles. The zero-order chi connectivity index (χ0) is 16.9. The lowest BCUT2D eigenvalue weighted by Crippen LogP contribution is -2.20. The number of benzene rings is 1. The summed E-state index contributed by atoms with van der Waals surface area (Å²) >= 11 is 3.45. The fourth-order valence-corrected chi connectivity index (χ4v) is 2.78. The molecule has 0 aliphatic carbocycles. The molecule has 2 heterocycles. The molecular weight excluding hydrogens is 370 g/mol. The van der Waals surface area contributed by atoms with E-state index in [1.54, 1.807) is 0 Å². The third-order valence-corrected chi connectivity index (χ3v) is 4.20. The Morgan fingerprint density at radius 2 is 1.92 bits per heavy atom. The molecular formula is C17H20BrN5O. The second kappa shape index (κ2) is 7.72. The molecule has 24 heavy (non-hydrogen) atoms. The minimum absolute atomic E-state index is 0.682. The van der Waals surface area contributed by atoms with Crippen LogP contribution < -0.4 is 0 Å². The van der Waals surface area contributed by atoms with Crippen molar-refractivity contribution in [2.75, 3.05) is 7.05 Å². The van der Waals surface area contributed by atoms with Crippen molar-refractivity contribution in [3.63, 3.8) is 0 Å².